The lowest BCUT2D eigenvalue weighted by molar-refractivity contribution is 0.475. The van der Waals surface area contributed by atoms with Gasteiger partial charge in [0.2, 0.25) is 0 Å². The normalized spacial score (nSPS) is 12.2. The monoisotopic (exact) mass is 293 g/mol. The summed E-state index contributed by atoms with van der Waals surface area (Å²) in [6.45, 7) is 2.01. The van der Waals surface area contributed by atoms with Crippen LogP contribution in [0.15, 0.2) is 42.5 Å². The summed E-state index contributed by atoms with van der Waals surface area (Å²) in [7, 11) is 0. The summed E-state index contributed by atoms with van der Waals surface area (Å²) >= 11 is 5.72. The SMILES string of the molecule is CC(CCc1ccc(O)cc1)Nc1ccc(Cl)cc1F. The van der Waals surface area contributed by atoms with E-state index in [0.29, 0.717) is 10.7 Å². The quantitative estimate of drug-likeness (QED) is 0.843. The van der Waals surface area contributed by atoms with Crippen LogP contribution in [0.1, 0.15) is 18.9 Å². The first kappa shape index (κ1) is 14.7. The van der Waals surface area contributed by atoms with Crippen LogP contribution in [0, 0.1) is 5.82 Å². The molecule has 0 radical (unpaired) electrons. The van der Waals surface area contributed by atoms with Crippen molar-refractivity contribution in [2.45, 2.75) is 25.8 Å². The molecule has 20 heavy (non-hydrogen) atoms. The number of aromatic hydroxyl groups is 1. The second-order valence-corrected chi connectivity index (χ2v) is 5.31. The average Bonchev–Trinajstić information content (AvgIpc) is 2.41. The molecule has 4 heteroatoms. The Morgan fingerprint density at radius 2 is 1.90 bits per heavy atom. The number of nitrogens with one attached hydrogen (secondary N) is 1. The summed E-state index contributed by atoms with van der Waals surface area (Å²) in [5.74, 6) is -0.0721. The Hall–Kier alpha value is -1.74. The van der Waals surface area contributed by atoms with Crippen LogP contribution in [0.3, 0.4) is 0 Å². The van der Waals surface area contributed by atoms with E-state index in [0.717, 1.165) is 18.4 Å². The topological polar surface area (TPSA) is 32.3 Å². The summed E-state index contributed by atoms with van der Waals surface area (Å²) in [6.07, 6.45) is 1.73. The minimum atomic E-state index is -0.339. The third kappa shape index (κ3) is 4.14. The molecule has 106 valence electrons. The number of benzene rings is 2. The predicted molar refractivity (Wildman–Crippen MR) is 80.9 cm³/mol. The number of aryl methyl sites for hydroxylation is 1. The molecule has 1 unspecified atom stereocenters. The van der Waals surface area contributed by atoms with Crippen LogP contribution in [0.5, 0.6) is 5.75 Å². The number of hydrogen-bond acceptors (Lipinski definition) is 2. The van der Waals surface area contributed by atoms with Crippen molar-refractivity contribution in [3.63, 3.8) is 0 Å². The molecule has 2 N–H and O–H groups in total. The van der Waals surface area contributed by atoms with Crippen LogP contribution in [-0.2, 0) is 6.42 Å². The molecule has 0 aromatic heterocycles. The van der Waals surface area contributed by atoms with Gasteiger partial charge in [0.05, 0.1) is 5.69 Å². The van der Waals surface area contributed by atoms with Gasteiger partial charge in [0.1, 0.15) is 11.6 Å². The number of phenols is 1. The van der Waals surface area contributed by atoms with E-state index < -0.39 is 0 Å². The Labute approximate surface area is 123 Å². The summed E-state index contributed by atoms with van der Waals surface area (Å²) in [5.41, 5.74) is 1.61. The first-order chi connectivity index (χ1) is 9.54. The molecule has 0 aliphatic heterocycles. The number of halogens is 2. The van der Waals surface area contributed by atoms with E-state index in [1.165, 1.54) is 6.07 Å². The van der Waals surface area contributed by atoms with Crippen LogP contribution in [0.4, 0.5) is 10.1 Å². The molecule has 0 amide bonds. The summed E-state index contributed by atoms with van der Waals surface area (Å²) in [5, 5.41) is 12.7. The Bertz CT molecular complexity index is 571. The van der Waals surface area contributed by atoms with Gasteiger partial charge in [-0.05, 0) is 55.7 Å². The second kappa shape index (κ2) is 6.62. The van der Waals surface area contributed by atoms with Gasteiger partial charge in [-0.1, -0.05) is 23.7 Å². The molecule has 2 aromatic rings. The number of hydrogen-bond donors (Lipinski definition) is 2. The molecule has 0 fully saturated rings. The fourth-order valence-corrected chi connectivity index (χ4v) is 2.15. The number of rotatable bonds is 5. The van der Waals surface area contributed by atoms with E-state index >= 15 is 0 Å². The number of phenolic OH excluding ortho intramolecular Hbond substituents is 1. The molecule has 1 atom stereocenters. The maximum absolute atomic E-state index is 13.6. The zero-order valence-corrected chi connectivity index (χ0v) is 12.0. The van der Waals surface area contributed by atoms with Crippen LogP contribution >= 0.6 is 11.6 Å². The molecule has 2 aromatic carbocycles. The Morgan fingerprint density at radius 3 is 2.55 bits per heavy atom. The van der Waals surface area contributed by atoms with Gasteiger partial charge in [-0.25, -0.2) is 4.39 Å². The lowest BCUT2D eigenvalue weighted by Crippen LogP contribution is -2.16. The summed E-state index contributed by atoms with van der Waals surface area (Å²) in [4.78, 5) is 0. The molecule has 0 aliphatic carbocycles. The van der Waals surface area contributed by atoms with E-state index in [1.807, 2.05) is 19.1 Å². The lowest BCUT2D eigenvalue weighted by atomic mass is 10.1. The standard InChI is InChI=1S/C16H17ClFNO/c1-11(2-3-12-4-7-14(20)8-5-12)19-16-9-6-13(17)10-15(16)18/h4-11,19-20H,2-3H2,1H3. The molecular weight excluding hydrogens is 277 g/mol. The molecular formula is C16H17ClFNO. The van der Waals surface area contributed by atoms with Crippen molar-refractivity contribution >= 4 is 17.3 Å². The van der Waals surface area contributed by atoms with Gasteiger partial charge in [-0.15, -0.1) is 0 Å². The summed E-state index contributed by atoms with van der Waals surface area (Å²) in [6, 6.07) is 11.9. The third-order valence-corrected chi connectivity index (χ3v) is 3.37. The highest BCUT2D eigenvalue weighted by molar-refractivity contribution is 6.30. The van der Waals surface area contributed by atoms with Crippen LogP contribution in [0.25, 0.3) is 0 Å². The molecule has 2 rings (SSSR count). The van der Waals surface area contributed by atoms with Gasteiger partial charge in [0.15, 0.2) is 0 Å². The number of anilines is 1. The van der Waals surface area contributed by atoms with Crippen LogP contribution < -0.4 is 5.32 Å². The van der Waals surface area contributed by atoms with E-state index in [2.05, 4.69) is 5.32 Å². The molecule has 0 aliphatic rings. The third-order valence-electron chi connectivity index (χ3n) is 3.14. The maximum Gasteiger partial charge on any atom is 0.147 e. The molecule has 2 nitrogen and oxygen atoms in total. The van der Waals surface area contributed by atoms with Crippen LogP contribution in [-0.4, -0.2) is 11.1 Å². The van der Waals surface area contributed by atoms with Gasteiger partial charge >= 0.3 is 0 Å². The highest BCUT2D eigenvalue weighted by Gasteiger charge is 2.07. The van der Waals surface area contributed by atoms with Crippen molar-refractivity contribution < 1.29 is 9.50 Å². The minimum Gasteiger partial charge on any atom is -0.508 e. The van der Waals surface area contributed by atoms with Crippen molar-refractivity contribution in [3.05, 3.63) is 58.9 Å². The Morgan fingerprint density at radius 1 is 1.20 bits per heavy atom. The van der Waals surface area contributed by atoms with Gasteiger partial charge in [0.25, 0.3) is 0 Å². The predicted octanol–water partition coefficient (Wildman–Crippen LogP) is 4.62. The van der Waals surface area contributed by atoms with Crippen LogP contribution in [0.2, 0.25) is 5.02 Å². The van der Waals surface area contributed by atoms with Crippen molar-refractivity contribution in [1.29, 1.82) is 0 Å². The average molecular weight is 294 g/mol. The molecule has 0 heterocycles. The minimum absolute atomic E-state index is 0.138. The van der Waals surface area contributed by atoms with Crippen molar-refractivity contribution in [3.8, 4) is 5.75 Å². The molecule has 0 saturated carbocycles. The van der Waals surface area contributed by atoms with E-state index in [-0.39, 0.29) is 17.6 Å². The van der Waals surface area contributed by atoms with Gasteiger partial charge in [0, 0.05) is 11.1 Å². The van der Waals surface area contributed by atoms with Crippen molar-refractivity contribution in [2.24, 2.45) is 0 Å². The van der Waals surface area contributed by atoms with Gasteiger partial charge < -0.3 is 10.4 Å². The fourth-order valence-electron chi connectivity index (χ4n) is 1.99. The molecule has 0 spiro atoms. The Kier molecular flexibility index (Phi) is 4.85. The zero-order valence-electron chi connectivity index (χ0n) is 11.2. The largest absolute Gasteiger partial charge is 0.508 e. The zero-order chi connectivity index (χ0) is 14.5. The van der Waals surface area contributed by atoms with E-state index in [4.69, 9.17) is 11.6 Å². The summed E-state index contributed by atoms with van der Waals surface area (Å²) < 4.78 is 13.6. The highest BCUT2D eigenvalue weighted by Crippen LogP contribution is 2.20. The van der Waals surface area contributed by atoms with Gasteiger partial charge in [-0.3, -0.25) is 0 Å². The van der Waals surface area contributed by atoms with Crippen molar-refractivity contribution in [2.75, 3.05) is 5.32 Å². The smallest absolute Gasteiger partial charge is 0.147 e. The van der Waals surface area contributed by atoms with Crippen molar-refractivity contribution in [1.82, 2.24) is 0 Å². The second-order valence-electron chi connectivity index (χ2n) is 4.87. The van der Waals surface area contributed by atoms with E-state index in [9.17, 15) is 9.50 Å². The van der Waals surface area contributed by atoms with E-state index in [1.54, 1.807) is 24.3 Å². The van der Waals surface area contributed by atoms with Gasteiger partial charge in [-0.2, -0.15) is 0 Å². The maximum atomic E-state index is 13.6. The molecule has 0 saturated heterocycles. The first-order valence-electron chi connectivity index (χ1n) is 6.54. The lowest BCUT2D eigenvalue weighted by Gasteiger charge is -2.16. The highest BCUT2D eigenvalue weighted by atomic mass is 35.5. The fraction of sp³-hybridized carbons (Fsp3) is 0.250. The first-order valence-corrected chi connectivity index (χ1v) is 6.92. The molecule has 0 bridgehead atoms. The Balaban J connectivity index is 1.89.